The quantitative estimate of drug-likeness (QED) is 0.940. The van der Waals surface area contributed by atoms with E-state index in [1.165, 1.54) is 6.26 Å². The normalized spacial score (nSPS) is 13.0. The Kier molecular flexibility index (Phi) is 4.24. The standard InChI is InChI=1S/C16H16ClNO4/c1-10-12(3-5-20-10)16(19)18-4-2-11-8-13(17)15-14(9-11)21-6-7-22-15/h3,5,8-9H,2,4,6-7H2,1H3,(H,18,19). The van der Waals surface area contributed by atoms with E-state index in [1.807, 2.05) is 12.1 Å². The van der Waals surface area contributed by atoms with E-state index in [-0.39, 0.29) is 5.91 Å². The van der Waals surface area contributed by atoms with Crippen molar-refractivity contribution in [1.82, 2.24) is 5.32 Å². The van der Waals surface area contributed by atoms with Gasteiger partial charge in [-0.3, -0.25) is 4.79 Å². The number of ether oxygens (including phenoxy) is 2. The number of halogens is 1. The Morgan fingerprint density at radius 3 is 2.91 bits per heavy atom. The van der Waals surface area contributed by atoms with Gasteiger partial charge in [-0.2, -0.15) is 0 Å². The second-order valence-corrected chi connectivity index (χ2v) is 5.41. The average molecular weight is 322 g/mol. The smallest absolute Gasteiger partial charge is 0.254 e. The Hall–Kier alpha value is -2.14. The molecule has 1 N–H and O–H groups in total. The summed E-state index contributed by atoms with van der Waals surface area (Å²) in [6.07, 6.45) is 2.16. The number of fused-ring (bicyclic) bond motifs is 1. The summed E-state index contributed by atoms with van der Waals surface area (Å²) in [5.41, 5.74) is 1.54. The summed E-state index contributed by atoms with van der Waals surface area (Å²) < 4.78 is 16.1. The summed E-state index contributed by atoms with van der Waals surface area (Å²) in [6.45, 7) is 3.28. The van der Waals surface area contributed by atoms with Gasteiger partial charge in [-0.1, -0.05) is 11.6 Å². The number of rotatable bonds is 4. The van der Waals surface area contributed by atoms with E-state index in [1.54, 1.807) is 13.0 Å². The van der Waals surface area contributed by atoms with Crippen LogP contribution in [0.1, 0.15) is 21.7 Å². The fraction of sp³-hybridized carbons (Fsp3) is 0.312. The number of benzene rings is 1. The van der Waals surface area contributed by atoms with Gasteiger partial charge in [-0.25, -0.2) is 0 Å². The minimum Gasteiger partial charge on any atom is -0.486 e. The van der Waals surface area contributed by atoms with Crippen LogP contribution < -0.4 is 14.8 Å². The molecule has 0 bridgehead atoms. The van der Waals surface area contributed by atoms with Gasteiger partial charge in [0.25, 0.3) is 5.91 Å². The van der Waals surface area contributed by atoms with Crippen molar-refractivity contribution in [1.29, 1.82) is 0 Å². The maximum absolute atomic E-state index is 12.0. The van der Waals surface area contributed by atoms with Crippen molar-refractivity contribution in [3.8, 4) is 11.5 Å². The number of aryl methyl sites for hydroxylation is 1. The first-order valence-corrected chi connectivity index (χ1v) is 7.43. The van der Waals surface area contributed by atoms with Crippen molar-refractivity contribution in [3.05, 3.63) is 46.4 Å². The molecule has 0 spiro atoms. The van der Waals surface area contributed by atoms with Crippen LogP contribution in [0.3, 0.4) is 0 Å². The topological polar surface area (TPSA) is 60.7 Å². The van der Waals surface area contributed by atoms with Gasteiger partial charge >= 0.3 is 0 Å². The Morgan fingerprint density at radius 1 is 1.32 bits per heavy atom. The molecule has 0 radical (unpaired) electrons. The highest BCUT2D eigenvalue weighted by Crippen LogP contribution is 2.38. The molecule has 5 nitrogen and oxygen atoms in total. The maximum Gasteiger partial charge on any atom is 0.254 e. The number of nitrogens with one attached hydrogen (secondary N) is 1. The van der Waals surface area contributed by atoms with E-state index in [2.05, 4.69) is 5.32 Å². The number of carbonyl (C=O) groups is 1. The van der Waals surface area contributed by atoms with Gasteiger partial charge in [-0.15, -0.1) is 0 Å². The van der Waals surface area contributed by atoms with Crippen LogP contribution in [0, 0.1) is 6.92 Å². The van der Waals surface area contributed by atoms with Gasteiger partial charge in [0, 0.05) is 6.54 Å². The highest BCUT2D eigenvalue weighted by atomic mass is 35.5. The third-order valence-corrected chi connectivity index (χ3v) is 3.74. The van der Waals surface area contributed by atoms with Crippen LogP contribution in [0.15, 0.2) is 28.9 Å². The van der Waals surface area contributed by atoms with E-state index in [9.17, 15) is 4.79 Å². The lowest BCUT2D eigenvalue weighted by Gasteiger charge is -2.20. The highest BCUT2D eigenvalue weighted by Gasteiger charge is 2.17. The third kappa shape index (κ3) is 3.04. The maximum atomic E-state index is 12.0. The molecule has 0 unspecified atom stereocenters. The van der Waals surface area contributed by atoms with Gasteiger partial charge in [-0.05, 0) is 37.1 Å². The molecule has 2 heterocycles. The van der Waals surface area contributed by atoms with Gasteiger partial charge in [0.05, 0.1) is 16.8 Å². The van der Waals surface area contributed by atoms with Crippen molar-refractivity contribution < 1.29 is 18.7 Å². The summed E-state index contributed by atoms with van der Waals surface area (Å²) in [5, 5.41) is 3.39. The fourth-order valence-electron chi connectivity index (χ4n) is 2.34. The summed E-state index contributed by atoms with van der Waals surface area (Å²) in [5.74, 6) is 1.72. The zero-order chi connectivity index (χ0) is 15.5. The van der Waals surface area contributed by atoms with Crippen molar-refractivity contribution in [3.63, 3.8) is 0 Å². The minimum absolute atomic E-state index is 0.144. The summed E-state index contributed by atoms with van der Waals surface area (Å²) in [6, 6.07) is 5.39. The molecule has 1 aromatic heterocycles. The molecular weight excluding hydrogens is 306 g/mol. The van der Waals surface area contributed by atoms with Crippen LogP contribution in [0.4, 0.5) is 0 Å². The third-order valence-electron chi connectivity index (χ3n) is 3.46. The lowest BCUT2D eigenvalue weighted by Crippen LogP contribution is -2.26. The van der Waals surface area contributed by atoms with Crippen molar-refractivity contribution in [2.45, 2.75) is 13.3 Å². The van der Waals surface area contributed by atoms with Gasteiger partial charge in [0.1, 0.15) is 19.0 Å². The molecule has 1 aliphatic heterocycles. The van der Waals surface area contributed by atoms with E-state index < -0.39 is 0 Å². The minimum atomic E-state index is -0.144. The molecule has 6 heteroatoms. The predicted octanol–water partition coefficient (Wildman–Crippen LogP) is 2.99. The van der Waals surface area contributed by atoms with E-state index in [0.717, 1.165) is 5.56 Å². The molecule has 22 heavy (non-hydrogen) atoms. The van der Waals surface area contributed by atoms with Crippen LogP contribution in [0.5, 0.6) is 11.5 Å². The van der Waals surface area contributed by atoms with E-state index >= 15 is 0 Å². The largest absolute Gasteiger partial charge is 0.486 e. The van der Waals surface area contributed by atoms with Crippen LogP contribution in [0.2, 0.25) is 5.02 Å². The van der Waals surface area contributed by atoms with Gasteiger partial charge < -0.3 is 19.2 Å². The number of furan rings is 1. The molecular formula is C16H16ClNO4. The number of amides is 1. The van der Waals surface area contributed by atoms with Crippen molar-refractivity contribution in [2.75, 3.05) is 19.8 Å². The van der Waals surface area contributed by atoms with Gasteiger partial charge in [0.15, 0.2) is 11.5 Å². The monoisotopic (exact) mass is 321 g/mol. The summed E-state index contributed by atoms with van der Waals surface area (Å²) >= 11 is 6.19. The Balaban J connectivity index is 1.61. The van der Waals surface area contributed by atoms with Crippen molar-refractivity contribution in [2.24, 2.45) is 0 Å². The van der Waals surface area contributed by atoms with Crippen LogP contribution in [0.25, 0.3) is 0 Å². The molecule has 1 aromatic carbocycles. The molecule has 0 saturated heterocycles. The zero-order valence-electron chi connectivity index (χ0n) is 12.1. The Bertz CT molecular complexity index is 695. The number of hydrogen-bond donors (Lipinski definition) is 1. The molecule has 2 aromatic rings. The highest BCUT2D eigenvalue weighted by molar-refractivity contribution is 6.32. The van der Waals surface area contributed by atoms with Gasteiger partial charge in [0.2, 0.25) is 0 Å². The first kappa shape index (κ1) is 14.8. The second kappa shape index (κ2) is 6.32. The first-order chi connectivity index (χ1) is 10.6. The first-order valence-electron chi connectivity index (χ1n) is 7.05. The van der Waals surface area contributed by atoms with Crippen LogP contribution >= 0.6 is 11.6 Å². The Labute approximate surface area is 133 Å². The molecule has 0 saturated carbocycles. The molecule has 0 aliphatic carbocycles. The molecule has 1 aliphatic rings. The van der Waals surface area contributed by atoms with Crippen molar-refractivity contribution >= 4 is 17.5 Å². The van der Waals surface area contributed by atoms with Crippen LogP contribution in [-0.2, 0) is 6.42 Å². The summed E-state index contributed by atoms with van der Waals surface area (Å²) in [4.78, 5) is 12.0. The number of hydrogen-bond acceptors (Lipinski definition) is 4. The van der Waals surface area contributed by atoms with Crippen LogP contribution in [-0.4, -0.2) is 25.7 Å². The average Bonchev–Trinajstić information content (AvgIpc) is 2.93. The number of carbonyl (C=O) groups excluding carboxylic acids is 1. The molecule has 0 fully saturated rings. The molecule has 3 rings (SSSR count). The summed E-state index contributed by atoms with van der Waals surface area (Å²) in [7, 11) is 0. The molecule has 1 amide bonds. The fourth-order valence-corrected chi connectivity index (χ4v) is 2.63. The molecule has 0 atom stereocenters. The van der Waals surface area contributed by atoms with E-state index in [0.29, 0.717) is 54.0 Å². The predicted molar refractivity (Wildman–Crippen MR) is 81.9 cm³/mol. The SMILES string of the molecule is Cc1occc1C(=O)NCCc1cc(Cl)c2c(c1)OCCO2. The zero-order valence-corrected chi connectivity index (χ0v) is 12.9. The molecule has 116 valence electrons. The second-order valence-electron chi connectivity index (χ2n) is 5.00. The Morgan fingerprint density at radius 2 is 2.14 bits per heavy atom. The lowest BCUT2D eigenvalue weighted by molar-refractivity contribution is 0.0952. The van der Waals surface area contributed by atoms with E-state index in [4.69, 9.17) is 25.5 Å². The lowest BCUT2D eigenvalue weighted by atomic mass is 10.1.